The van der Waals surface area contributed by atoms with E-state index in [2.05, 4.69) is 20.3 Å². The van der Waals surface area contributed by atoms with Gasteiger partial charge < -0.3 is 20.8 Å². The van der Waals surface area contributed by atoms with Gasteiger partial charge in [-0.05, 0) is 30.7 Å². The van der Waals surface area contributed by atoms with Crippen LogP contribution in [0.2, 0.25) is 0 Å². The number of rotatable bonds is 6. The molecule has 124 valence electrons. The lowest BCUT2D eigenvalue weighted by molar-refractivity contribution is 0.415. The van der Waals surface area contributed by atoms with E-state index in [1.807, 2.05) is 48.5 Å². The highest BCUT2D eigenvalue weighted by Crippen LogP contribution is 2.16. The first kappa shape index (κ1) is 15.9. The molecule has 0 aliphatic heterocycles. The van der Waals surface area contributed by atoms with Crippen molar-refractivity contribution >= 4 is 22.7 Å². The van der Waals surface area contributed by atoms with Crippen LogP contribution in [0.1, 0.15) is 12.2 Å². The van der Waals surface area contributed by atoms with Crippen LogP contribution < -0.4 is 15.8 Å². The molecule has 1 heterocycles. The largest absolute Gasteiger partial charge is 0.497 e. The number of aliphatic imine (C=N–C) groups is 1. The van der Waals surface area contributed by atoms with Crippen LogP contribution in [0.3, 0.4) is 0 Å². The zero-order chi connectivity index (χ0) is 16.8. The average molecular weight is 323 g/mol. The zero-order valence-corrected chi connectivity index (χ0v) is 13.6. The van der Waals surface area contributed by atoms with E-state index in [0.29, 0.717) is 12.5 Å². The van der Waals surface area contributed by atoms with Crippen molar-refractivity contribution in [3.63, 3.8) is 0 Å². The molecule has 2 aromatic carbocycles. The number of nitrogens with zero attached hydrogens (tertiary/aromatic N) is 2. The molecule has 3 aromatic rings. The van der Waals surface area contributed by atoms with Crippen LogP contribution in [0.15, 0.2) is 53.5 Å². The fourth-order valence-corrected chi connectivity index (χ4v) is 2.46. The molecule has 0 aliphatic carbocycles. The summed E-state index contributed by atoms with van der Waals surface area (Å²) in [7, 11) is 1.63. The van der Waals surface area contributed by atoms with E-state index in [1.54, 1.807) is 7.11 Å². The Kier molecular flexibility index (Phi) is 4.96. The van der Waals surface area contributed by atoms with Crippen molar-refractivity contribution in [3.05, 3.63) is 54.4 Å². The number of nitrogens with one attached hydrogen (secondary N) is 2. The molecule has 0 amide bonds. The minimum Gasteiger partial charge on any atom is -0.497 e. The normalized spacial score (nSPS) is 11.6. The molecule has 1 aromatic heterocycles. The summed E-state index contributed by atoms with van der Waals surface area (Å²) in [6, 6.07) is 15.6. The number of aromatic nitrogens is 2. The fraction of sp³-hybridized carbons (Fsp3) is 0.222. The number of aromatic amines is 1. The van der Waals surface area contributed by atoms with Gasteiger partial charge in [0.15, 0.2) is 5.96 Å². The van der Waals surface area contributed by atoms with Gasteiger partial charge in [-0.1, -0.05) is 18.2 Å². The minimum atomic E-state index is 0.396. The summed E-state index contributed by atoms with van der Waals surface area (Å²) < 4.78 is 5.18. The quantitative estimate of drug-likeness (QED) is 0.370. The number of benzene rings is 2. The number of fused-ring (bicyclic) bond motifs is 1. The summed E-state index contributed by atoms with van der Waals surface area (Å²) in [5.41, 5.74) is 8.83. The number of anilines is 1. The van der Waals surface area contributed by atoms with Gasteiger partial charge in [0.25, 0.3) is 0 Å². The third kappa shape index (κ3) is 4.04. The molecule has 0 radical (unpaired) electrons. The molecule has 0 bridgehead atoms. The van der Waals surface area contributed by atoms with Gasteiger partial charge in [0, 0.05) is 24.7 Å². The number of H-pyrrole nitrogens is 1. The van der Waals surface area contributed by atoms with Crippen molar-refractivity contribution in [1.82, 2.24) is 9.97 Å². The SMILES string of the molecule is COc1cccc(NC(N)=NCCCc2nc3ccccc3[nH]2)c1. The van der Waals surface area contributed by atoms with Gasteiger partial charge in [0.05, 0.1) is 18.1 Å². The van der Waals surface area contributed by atoms with Crippen LogP contribution in [0, 0.1) is 0 Å². The fourth-order valence-electron chi connectivity index (χ4n) is 2.46. The Bertz CT molecular complexity index is 807. The number of guanidine groups is 1. The van der Waals surface area contributed by atoms with Crippen LogP contribution in [0.5, 0.6) is 5.75 Å². The second-order valence-electron chi connectivity index (χ2n) is 5.43. The van der Waals surface area contributed by atoms with Gasteiger partial charge >= 0.3 is 0 Å². The molecule has 0 spiro atoms. The molecular weight excluding hydrogens is 302 g/mol. The van der Waals surface area contributed by atoms with E-state index in [-0.39, 0.29) is 0 Å². The van der Waals surface area contributed by atoms with Gasteiger partial charge in [-0.2, -0.15) is 0 Å². The topological polar surface area (TPSA) is 88.3 Å². The molecule has 0 unspecified atom stereocenters. The predicted molar refractivity (Wildman–Crippen MR) is 97.5 cm³/mol. The third-order valence-electron chi connectivity index (χ3n) is 3.63. The van der Waals surface area contributed by atoms with Crippen LogP contribution in [0.25, 0.3) is 11.0 Å². The first-order valence-electron chi connectivity index (χ1n) is 7.89. The lowest BCUT2D eigenvalue weighted by Crippen LogP contribution is -2.22. The maximum absolute atomic E-state index is 5.91. The minimum absolute atomic E-state index is 0.396. The number of aryl methyl sites for hydroxylation is 1. The molecule has 3 rings (SSSR count). The number of hydrogen-bond donors (Lipinski definition) is 3. The monoisotopic (exact) mass is 323 g/mol. The van der Waals surface area contributed by atoms with Gasteiger partial charge in [0.1, 0.15) is 11.6 Å². The van der Waals surface area contributed by atoms with Gasteiger partial charge in [-0.15, -0.1) is 0 Å². The molecule has 6 nitrogen and oxygen atoms in total. The maximum Gasteiger partial charge on any atom is 0.193 e. The number of para-hydroxylation sites is 2. The van der Waals surface area contributed by atoms with Crippen molar-refractivity contribution in [2.75, 3.05) is 19.0 Å². The first-order valence-corrected chi connectivity index (χ1v) is 7.89. The van der Waals surface area contributed by atoms with E-state index in [0.717, 1.165) is 41.1 Å². The number of nitrogens with two attached hydrogens (primary N) is 1. The van der Waals surface area contributed by atoms with Gasteiger partial charge in [-0.25, -0.2) is 4.98 Å². The second-order valence-corrected chi connectivity index (χ2v) is 5.43. The summed E-state index contributed by atoms with van der Waals surface area (Å²) in [5, 5.41) is 3.06. The van der Waals surface area contributed by atoms with Crippen LogP contribution in [0.4, 0.5) is 5.69 Å². The molecule has 0 saturated heterocycles. The lowest BCUT2D eigenvalue weighted by Gasteiger charge is -2.07. The summed E-state index contributed by atoms with van der Waals surface area (Å²) in [6.07, 6.45) is 1.71. The third-order valence-corrected chi connectivity index (χ3v) is 3.63. The first-order chi connectivity index (χ1) is 11.7. The van der Waals surface area contributed by atoms with Crippen LogP contribution in [-0.2, 0) is 6.42 Å². The number of hydrogen-bond acceptors (Lipinski definition) is 3. The Balaban J connectivity index is 1.50. The average Bonchev–Trinajstić information content (AvgIpc) is 3.01. The summed E-state index contributed by atoms with van der Waals surface area (Å²) in [4.78, 5) is 12.2. The zero-order valence-electron chi connectivity index (χ0n) is 13.6. The number of imidazole rings is 1. The lowest BCUT2D eigenvalue weighted by atomic mass is 10.3. The Morgan fingerprint density at radius 2 is 2.12 bits per heavy atom. The molecule has 0 atom stereocenters. The van der Waals surface area contributed by atoms with Crippen LogP contribution >= 0.6 is 0 Å². The van der Waals surface area contributed by atoms with Gasteiger partial charge in [0.2, 0.25) is 0 Å². The summed E-state index contributed by atoms with van der Waals surface area (Å²) >= 11 is 0. The van der Waals surface area contributed by atoms with Crippen molar-refractivity contribution in [3.8, 4) is 5.75 Å². The highest BCUT2D eigenvalue weighted by atomic mass is 16.5. The van der Waals surface area contributed by atoms with Crippen molar-refractivity contribution < 1.29 is 4.74 Å². The highest BCUT2D eigenvalue weighted by Gasteiger charge is 2.02. The molecule has 6 heteroatoms. The van der Waals surface area contributed by atoms with Crippen molar-refractivity contribution in [1.29, 1.82) is 0 Å². The van der Waals surface area contributed by atoms with Gasteiger partial charge in [-0.3, -0.25) is 4.99 Å². The van der Waals surface area contributed by atoms with E-state index >= 15 is 0 Å². The Morgan fingerprint density at radius 1 is 1.25 bits per heavy atom. The smallest absolute Gasteiger partial charge is 0.193 e. The summed E-state index contributed by atoms with van der Waals surface area (Å²) in [5.74, 6) is 2.15. The molecule has 4 N–H and O–H groups in total. The summed E-state index contributed by atoms with van der Waals surface area (Å²) in [6.45, 7) is 0.639. The van der Waals surface area contributed by atoms with E-state index in [1.165, 1.54) is 0 Å². The van der Waals surface area contributed by atoms with Crippen LogP contribution in [-0.4, -0.2) is 29.6 Å². The standard InChI is InChI=1S/C18H21N5O/c1-24-14-7-4-6-13(12-14)21-18(19)20-11-5-10-17-22-15-8-2-3-9-16(15)23-17/h2-4,6-9,12H,5,10-11H2,1H3,(H,22,23)(H3,19,20,21). The molecule has 24 heavy (non-hydrogen) atoms. The van der Waals surface area contributed by atoms with E-state index < -0.39 is 0 Å². The number of methoxy groups -OCH3 is 1. The maximum atomic E-state index is 5.91. The molecule has 0 saturated carbocycles. The molecule has 0 fully saturated rings. The Morgan fingerprint density at radius 3 is 2.96 bits per heavy atom. The number of ether oxygens (including phenoxy) is 1. The van der Waals surface area contributed by atoms with E-state index in [4.69, 9.17) is 10.5 Å². The Labute approximate surface area is 140 Å². The molecular formula is C18H21N5O. The van der Waals surface area contributed by atoms with E-state index in [9.17, 15) is 0 Å². The second kappa shape index (κ2) is 7.50. The Hall–Kier alpha value is -3.02. The highest BCUT2D eigenvalue weighted by molar-refractivity contribution is 5.92. The van der Waals surface area contributed by atoms with Crippen molar-refractivity contribution in [2.24, 2.45) is 10.7 Å². The van der Waals surface area contributed by atoms with Crippen molar-refractivity contribution in [2.45, 2.75) is 12.8 Å². The molecule has 0 aliphatic rings. The predicted octanol–water partition coefficient (Wildman–Crippen LogP) is 2.93.